The van der Waals surface area contributed by atoms with Gasteiger partial charge in [-0.05, 0) is 44.4 Å². The second kappa shape index (κ2) is 5.39. The van der Waals surface area contributed by atoms with Crippen LogP contribution in [0.2, 0.25) is 0 Å². The maximum Gasteiger partial charge on any atom is 0.181 e. The number of benzene rings is 1. The molecule has 1 aliphatic rings. The number of anilines is 1. The second-order valence-electron chi connectivity index (χ2n) is 6.10. The number of aryl methyl sites for hydroxylation is 1. The quantitative estimate of drug-likeness (QED) is 0.881. The first-order valence-corrected chi connectivity index (χ1v) is 7.53. The van der Waals surface area contributed by atoms with Crippen molar-refractivity contribution in [3.63, 3.8) is 0 Å². The molecule has 0 saturated carbocycles. The lowest BCUT2D eigenvalue weighted by molar-refractivity contribution is 0.244. The van der Waals surface area contributed by atoms with Crippen molar-refractivity contribution >= 4 is 5.69 Å². The van der Waals surface area contributed by atoms with Gasteiger partial charge in [0.25, 0.3) is 0 Å². The summed E-state index contributed by atoms with van der Waals surface area (Å²) in [5.74, 6) is 3.20. The topological polar surface area (TPSA) is 66.0 Å². The van der Waals surface area contributed by atoms with E-state index in [2.05, 4.69) is 17.0 Å². The molecule has 0 bridgehead atoms. The number of nitrogen functional groups attached to an aromatic ring is 1. The van der Waals surface area contributed by atoms with Gasteiger partial charge in [-0.3, -0.25) is 0 Å². The molecule has 1 aromatic heterocycles. The number of rotatable bonds is 3. The van der Waals surface area contributed by atoms with E-state index < -0.39 is 0 Å². The van der Waals surface area contributed by atoms with Gasteiger partial charge >= 0.3 is 0 Å². The third-order valence-corrected chi connectivity index (χ3v) is 3.72. The Kier molecular flexibility index (Phi) is 3.57. The molecule has 21 heavy (non-hydrogen) atoms. The number of hydrogen-bond donors (Lipinski definition) is 1. The minimum absolute atomic E-state index is 0.109. The van der Waals surface area contributed by atoms with Crippen molar-refractivity contribution in [1.82, 2.24) is 14.8 Å². The Morgan fingerprint density at radius 1 is 1.38 bits per heavy atom. The predicted octanol–water partition coefficient (Wildman–Crippen LogP) is 2.90. The van der Waals surface area contributed by atoms with Crippen LogP contribution in [0, 0.1) is 5.92 Å². The molecule has 5 nitrogen and oxygen atoms in total. The number of hydrogen-bond acceptors (Lipinski definition) is 4. The van der Waals surface area contributed by atoms with E-state index >= 15 is 0 Å². The average molecular weight is 286 g/mol. The van der Waals surface area contributed by atoms with Crippen molar-refractivity contribution in [2.75, 3.05) is 5.73 Å². The first-order valence-electron chi connectivity index (χ1n) is 7.53. The minimum Gasteiger partial charge on any atom is -0.489 e. The van der Waals surface area contributed by atoms with Crippen LogP contribution in [0.25, 0.3) is 11.4 Å². The molecule has 0 amide bonds. The number of fused-ring (bicyclic) bond motifs is 1. The summed E-state index contributed by atoms with van der Waals surface area (Å²) in [6.07, 6.45) is 2.29. The molecule has 2 heterocycles. The summed E-state index contributed by atoms with van der Waals surface area (Å²) in [7, 11) is 0. The van der Waals surface area contributed by atoms with Gasteiger partial charge in [-0.1, -0.05) is 6.92 Å². The molecule has 0 fully saturated rings. The van der Waals surface area contributed by atoms with Gasteiger partial charge in [-0.15, -0.1) is 0 Å². The summed E-state index contributed by atoms with van der Waals surface area (Å²) in [6, 6.07) is 5.76. The normalized spacial score (nSPS) is 17.8. The maximum atomic E-state index is 6.06. The van der Waals surface area contributed by atoms with Gasteiger partial charge in [0, 0.05) is 18.5 Å². The van der Waals surface area contributed by atoms with E-state index in [-0.39, 0.29) is 6.10 Å². The Labute approximate surface area is 125 Å². The zero-order valence-corrected chi connectivity index (χ0v) is 12.8. The molecule has 0 spiro atoms. The van der Waals surface area contributed by atoms with Gasteiger partial charge in [-0.2, -0.15) is 5.10 Å². The molecule has 1 atom stereocenters. The Balaban J connectivity index is 1.89. The van der Waals surface area contributed by atoms with Gasteiger partial charge in [0.2, 0.25) is 0 Å². The number of ether oxygens (including phenoxy) is 1. The summed E-state index contributed by atoms with van der Waals surface area (Å²) in [5, 5.41) is 4.61. The standard InChI is InChI=1S/C16H22N4O/c1-10(2)21-14-6-5-12(8-13(14)17)16-18-15-7-4-11(3)9-20(15)19-16/h5-6,8,10-11H,4,7,9,17H2,1-3H3. The highest BCUT2D eigenvalue weighted by Gasteiger charge is 2.19. The van der Waals surface area contributed by atoms with Crippen LogP contribution in [-0.2, 0) is 13.0 Å². The van der Waals surface area contributed by atoms with Crippen molar-refractivity contribution in [2.24, 2.45) is 5.92 Å². The lowest BCUT2D eigenvalue weighted by atomic mass is 10.0. The molecule has 1 aliphatic heterocycles. The lowest BCUT2D eigenvalue weighted by Gasteiger charge is -2.17. The molecule has 0 saturated heterocycles. The molecule has 1 unspecified atom stereocenters. The number of nitrogens with zero attached hydrogens (tertiary/aromatic N) is 3. The van der Waals surface area contributed by atoms with E-state index in [1.807, 2.05) is 36.7 Å². The van der Waals surface area contributed by atoms with Gasteiger partial charge in [-0.25, -0.2) is 9.67 Å². The fourth-order valence-corrected chi connectivity index (χ4v) is 2.64. The molecular weight excluding hydrogens is 264 g/mol. The van der Waals surface area contributed by atoms with E-state index in [1.165, 1.54) is 6.42 Å². The van der Waals surface area contributed by atoms with Crippen LogP contribution in [0.3, 0.4) is 0 Å². The zero-order chi connectivity index (χ0) is 15.0. The fourth-order valence-electron chi connectivity index (χ4n) is 2.64. The highest BCUT2D eigenvalue weighted by Crippen LogP contribution is 2.29. The van der Waals surface area contributed by atoms with Gasteiger partial charge in [0.1, 0.15) is 11.6 Å². The third-order valence-electron chi connectivity index (χ3n) is 3.72. The Hall–Kier alpha value is -2.04. The van der Waals surface area contributed by atoms with Crippen LogP contribution >= 0.6 is 0 Å². The van der Waals surface area contributed by atoms with Gasteiger partial charge in [0.05, 0.1) is 11.8 Å². The zero-order valence-electron chi connectivity index (χ0n) is 12.8. The van der Waals surface area contributed by atoms with E-state index in [0.717, 1.165) is 30.2 Å². The van der Waals surface area contributed by atoms with E-state index in [9.17, 15) is 0 Å². The van der Waals surface area contributed by atoms with Gasteiger partial charge < -0.3 is 10.5 Å². The van der Waals surface area contributed by atoms with Crippen molar-refractivity contribution in [1.29, 1.82) is 0 Å². The van der Waals surface area contributed by atoms with E-state index in [4.69, 9.17) is 10.5 Å². The van der Waals surface area contributed by atoms with Crippen molar-refractivity contribution in [3.05, 3.63) is 24.0 Å². The molecule has 1 aromatic carbocycles. The highest BCUT2D eigenvalue weighted by atomic mass is 16.5. The molecule has 3 rings (SSSR count). The number of aromatic nitrogens is 3. The van der Waals surface area contributed by atoms with Crippen LogP contribution < -0.4 is 10.5 Å². The van der Waals surface area contributed by atoms with E-state index in [1.54, 1.807) is 0 Å². The SMILES string of the molecule is CC1CCc2nc(-c3ccc(OC(C)C)c(N)c3)nn2C1. The third kappa shape index (κ3) is 2.86. The predicted molar refractivity (Wildman–Crippen MR) is 83.1 cm³/mol. The monoisotopic (exact) mass is 286 g/mol. The second-order valence-corrected chi connectivity index (χ2v) is 6.10. The Morgan fingerprint density at radius 3 is 2.90 bits per heavy atom. The Morgan fingerprint density at radius 2 is 2.19 bits per heavy atom. The average Bonchev–Trinajstić information content (AvgIpc) is 2.83. The van der Waals surface area contributed by atoms with Crippen LogP contribution in [0.15, 0.2) is 18.2 Å². The molecule has 0 aliphatic carbocycles. The molecular formula is C16H22N4O. The summed E-state index contributed by atoms with van der Waals surface area (Å²) in [5.41, 5.74) is 7.63. The van der Waals surface area contributed by atoms with Crippen LogP contribution in [0.5, 0.6) is 5.75 Å². The van der Waals surface area contributed by atoms with Gasteiger partial charge in [0.15, 0.2) is 5.82 Å². The molecule has 112 valence electrons. The fraction of sp³-hybridized carbons (Fsp3) is 0.500. The van der Waals surface area contributed by atoms with E-state index in [0.29, 0.717) is 17.4 Å². The van der Waals surface area contributed by atoms with Crippen molar-refractivity contribution < 1.29 is 4.74 Å². The van der Waals surface area contributed by atoms with Crippen molar-refractivity contribution in [2.45, 2.75) is 46.3 Å². The molecule has 5 heteroatoms. The minimum atomic E-state index is 0.109. The van der Waals surface area contributed by atoms with Crippen LogP contribution in [0.1, 0.15) is 33.0 Å². The smallest absolute Gasteiger partial charge is 0.181 e. The van der Waals surface area contributed by atoms with Crippen LogP contribution in [-0.4, -0.2) is 20.9 Å². The largest absolute Gasteiger partial charge is 0.489 e. The van der Waals surface area contributed by atoms with Crippen molar-refractivity contribution in [3.8, 4) is 17.1 Å². The summed E-state index contributed by atoms with van der Waals surface area (Å²) in [4.78, 5) is 4.64. The summed E-state index contributed by atoms with van der Waals surface area (Å²) in [6.45, 7) is 7.17. The lowest BCUT2D eigenvalue weighted by Crippen LogP contribution is -2.18. The summed E-state index contributed by atoms with van der Waals surface area (Å²) >= 11 is 0. The maximum absolute atomic E-state index is 6.06. The number of nitrogens with two attached hydrogens (primary N) is 1. The Bertz CT molecular complexity index is 648. The highest BCUT2D eigenvalue weighted by molar-refractivity contribution is 5.66. The first-order chi connectivity index (χ1) is 10.0. The molecule has 2 N–H and O–H groups in total. The molecule has 0 radical (unpaired) electrons. The molecule has 2 aromatic rings. The summed E-state index contributed by atoms with van der Waals surface area (Å²) < 4.78 is 7.69. The van der Waals surface area contributed by atoms with Crippen LogP contribution in [0.4, 0.5) is 5.69 Å². The first kappa shape index (κ1) is 13.9.